The molecule has 0 atom stereocenters. The molecule has 8 nitrogen and oxygen atoms in total. The molecule has 0 spiro atoms. The van der Waals surface area contributed by atoms with Crippen LogP contribution in [0.25, 0.3) is 0 Å². The minimum absolute atomic E-state index is 0.306. The summed E-state index contributed by atoms with van der Waals surface area (Å²) in [6.45, 7) is 11.3. The van der Waals surface area contributed by atoms with Crippen LogP contribution in [0.3, 0.4) is 0 Å². The molecule has 0 aliphatic carbocycles. The molecule has 0 aromatic heterocycles. The Kier molecular flexibility index (Phi) is 16.3. The van der Waals surface area contributed by atoms with Crippen LogP contribution in [0.15, 0.2) is 24.3 Å². The zero-order chi connectivity index (χ0) is 19.2. The molecule has 3 N–H and O–H groups in total. The molecule has 0 bridgehead atoms. The molecule has 0 heterocycles. The molecule has 0 amide bonds. The van der Waals surface area contributed by atoms with E-state index in [2.05, 4.69) is 13.2 Å². The average Bonchev–Trinajstić information content (AvgIpc) is 2.42. The van der Waals surface area contributed by atoms with E-state index in [0.717, 1.165) is 12.8 Å². The van der Waals surface area contributed by atoms with Crippen LogP contribution >= 0.6 is 7.82 Å². The van der Waals surface area contributed by atoms with Gasteiger partial charge in [0.25, 0.3) is 0 Å². The molecule has 0 aliphatic rings. The van der Waals surface area contributed by atoms with Crippen molar-refractivity contribution in [3.8, 4) is 0 Å². The molecule has 0 saturated carbocycles. The second-order valence-corrected chi connectivity index (χ2v) is 9.45. The molecule has 0 aromatic carbocycles. The van der Waals surface area contributed by atoms with Crippen molar-refractivity contribution in [3.05, 3.63) is 24.3 Å². The van der Waals surface area contributed by atoms with Crippen molar-refractivity contribution in [2.45, 2.75) is 31.7 Å². The van der Waals surface area contributed by atoms with Crippen molar-refractivity contribution in [2.24, 2.45) is 0 Å². The number of esters is 2. The summed E-state index contributed by atoms with van der Waals surface area (Å²) in [5, 5.41) is 0. The molecule has 10 heteroatoms. The maximum atomic E-state index is 11.1. The number of rotatable bonds is 10. The minimum atomic E-state index is -4.64. The predicted molar refractivity (Wildman–Crippen MR) is 90.4 cm³/mol. The fourth-order valence-electron chi connectivity index (χ4n) is 1.31. The molecule has 0 aliphatic heterocycles. The van der Waals surface area contributed by atoms with Crippen molar-refractivity contribution in [2.75, 3.05) is 13.2 Å². The summed E-state index contributed by atoms with van der Waals surface area (Å²) in [6, 6.07) is 0. The van der Waals surface area contributed by atoms with Crippen molar-refractivity contribution < 1.29 is 38.3 Å². The smallest absolute Gasteiger partial charge is 0.303 e. The standard InChI is InChI=1S/2C7H11O2.Ca.H3O4P/c2*1-4-5-9-7(8)6(2)3;;1-5(2,3)4/h2*1-2,4-5H2,3H3;;(H3,1,2,3,4). The largest absolute Gasteiger partial charge is 0.466 e. The number of carbonyl (C=O) groups is 2. The summed E-state index contributed by atoms with van der Waals surface area (Å²) >= 11 is -0.558. The molecule has 0 aromatic rings. The van der Waals surface area contributed by atoms with Crippen LogP contribution in [0.1, 0.15) is 26.7 Å². The van der Waals surface area contributed by atoms with Crippen LogP contribution in [-0.2, 0) is 23.6 Å². The number of carbonyl (C=O) groups excluding carboxylic acids is 2. The van der Waals surface area contributed by atoms with Crippen LogP contribution in [0.2, 0.25) is 5.04 Å². The Morgan fingerprint density at radius 2 is 1.21 bits per heavy atom. The molecule has 136 valence electrons. The van der Waals surface area contributed by atoms with E-state index in [4.69, 9.17) is 28.7 Å². The van der Waals surface area contributed by atoms with Gasteiger partial charge in [-0.15, -0.1) is 0 Å². The minimum Gasteiger partial charge on any atom is -0.303 e. The Hall–Kier alpha value is -0.210. The van der Waals surface area contributed by atoms with Crippen molar-refractivity contribution in [3.63, 3.8) is 0 Å². The van der Waals surface area contributed by atoms with Crippen LogP contribution in [0.4, 0.5) is 0 Å². The van der Waals surface area contributed by atoms with E-state index in [1.807, 2.05) is 0 Å². The maximum absolute atomic E-state index is 11.1. The summed E-state index contributed by atoms with van der Waals surface area (Å²) < 4.78 is 21.3. The van der Waals surface area contributed by atoms with Gasteiger partial charge in [0.15, 0.2) is 0 Å². The predicted octanol–water partition coefficient (Wildman–Crippen LogP) is 1.62. The van der Waals surface area contributed by atoms with Crippen molar-refractivity contribution >= 4 is 53.6 Å². The van der Waals surface area contributed by atoms with Crippen molar-refractivity contribution in [1.82, 2.24) is 0 Å². The first kappa shape index (κ1) is 26.0. The first-order chi connectivity index (χ1) is 10.9. The van der Waals surface area contributed by atoms with Gasteiger partial charge < -0.3 is 14.7 Å². The van der Waals surface area contributed by atoms with Gasteiger partial charge in [-0.1, -0.05) is 0 Å². The third-order valence-electron chi connectivity index (χ3n) is 2.45. The van der Waals surface area contributed by atoms with Gasteiger partial charge in [0.1, 0.15) is 0 Å². The Balaban J connectivity index is 0. The van der Waals surface area contributed by atoms with Crippen LogP contribution in [0.5, 0.6) is 0 Å². The number of phosphoric acid groups is 1. The van der Waals surface area contributed by atoms with Gasteiger partial charge in [0.05, 0.1) is 0 Å². The van der Waals surface area contributed by atoms with Crippen LogP contribution in [0, 0.1) is 0 Å². The SMILES string of the molecule is C=C(C)C(=O)OCC[CH2][Ca][CH2]CCOC(=O)C(=C)C.O=P(O)(O)O. The van der Waals surface area contributed by atoms with Gasteiger partial charge in [0.2, 0.25) is 0 Å². The zero-order valence-electron chi connectivity index (χ0n) is 14.2. The van der Waals surface area contributed by atoms with Gasteiger partial charge in [-0.2, -0.15) is 0 Å². The first-order valence-electron chi connectivity index (χ1n) is 7.38. The summed E-state index contributed by atoms with van der Waals surface area (Å²) in [6.07, 6.45) is 1.87. The molecule has 0 rings (SSSR count). The molecule has 0 unspecified atom stereocenters. The van der Waals surface area contributed by atoms with E-state index >= 15 is 0 Å². The van der Waals surface area contributed by atoms with Gasteiger partial charge in [0, 0.05) is 0 Å². The van der Waals surface area contributed by atoms with E-state index in [1.54, 1.807) is 13.8 Å². The van der Waals surface area contributed by atoms with E-state index in [0.29, 0.717) is 24.4 Å². The molecular weight excluding hydrogens is 367 g/mol. The second-order valence-electron chi connectivity index (χ2n) is 5.11. The number of hydrogen-bond acceptors (Lipinski definition) is 5. The van der Waals surface area contributed by atoms with Gasteiger partial charge in [-0.25, -0.2) is 4.57 Å². The molecule has 24 heavy (non-hydrogen) atoms. The Bertz CT molecular complexity index is 431. The molecular formula is C14H25CaO8P. The monoisotopic (exact) mass is 392 g/mol. The molecule has 0 fully saturated rings. The first-order valence-corrected chi connectivity index (χ1v) is 12.1. The quantitative estimate of drug-likeness (QED) is 0.168. The van der Waals surface area contributed by atoms with E-state index in [1.165, 1.54) is 5.04 Å². The topological polar surface area (TPSA) is 130 Å². The third kappa shape index (κ3) is 24.0. The summed E-state index contributed by atoms with van der Waals surface area (Å²) in [5.74, 6) is -0.613. The third-order valence-corrected chi connectivity index (χ3v) is 5.58. The van der Waals surface area contributed by atoms with Crippen molar-refractivity contribution in [1.29, 1.82) is 0 Å². The summed E-state index contributed by atoms with van der Waals surface area (Å²) in [5.41, 5.74) is 0.890. The fourth-order valence-corrected chi connectivity index (χ4v) is 3.60. The Labute approximate surface area is 160 Å². The maximum Gasteiger partial charge on any atom is 0.466 e. The van der Waals surface area contributed by atoms with Gasteiger partial charge in [-0.3, -0.25) is 0 Å². The number of hydrogen-bond donors (Lipinski definition) is 3. The Morgan fingerprint density at radius 1 is 0.917 bits per heavy atom. The summed E-state index contributed by atoms with van der Waals surface area (Å²) in [4.78, 5) is 43.7. The van der Waals surface area contributed by atoms with Crippen LogP contribution in [-0.4, -0.2) is 73.7 Å². The zero-order valence-corrected chi connectivity index (χ0v) is 17.3. The number of ether oxygens (including phenoxy) is 2. The fraction of sp³-hybridized carbons (Fsp3) is 0.571. The van der Waals surface area contributed by atoms with Gasteiger partial charge >= 0.3 is 142 Å². The van der Waals surface area contributed by atoms with Gasteiger partial charge in [-0.05, 0) is 0 Å². The van der Waals surface area contributed by atoms with E-state index < -0.39 is 41.7 Å². The van der Waals surface area contributed by atoms with E-state index in [9.17, 15) is 9.59 Å². The van der Waals surface area contributed by atoms with Crippen LogP contribution < -0.4 is 0 Å². The average molecular weight is 392 g/mol. The Morgan fingerprint density at radius 3 is 1.46 bits per heavy atom. The normalized spacial score (nSPS) is 9.88. The van der Waals surface area contributed by atoms with E-state index in [-0.39, 0.29) is 11.9 Å². The second kappa shape index (κ2) is 15.1. The molecule has 0 radical (unpaired) electrons. The molecule has 0 saturated heterocycles. The summed E-state index contributed by atoms with van der Waals surface area (Å²) in [7, 11) is -4.64.